The van der Waals surface area contributed by atoms with Gasteiger partial charge in [-0.2, -0.15) is 13.2 Å². The lowest BCUT2D eigenvalue weighted by atomic mass is 9.93. The van der Waals surface area contributed by atoms with Gasteiger partial charge in [-0.1, -0.05) is 93.1 Å². The number of likely N-dealkylation sites (tertiary alicyclic amines) is 1. The highest BCUT2D eigenvalue weighted by atomic mass is 32.2. The van der Waals surface area contributed by atoms with E-state index in [1.54, 1.807) is 65.0 Å². The van der Waals surface area contributed by atoms with E-state index in [-0.39, 0.29) is 25.8 Å². The van der Waals surface area contributed by atoms with Crippen molar-refractivity contribution < 1.29 is 41.4 Å². The number of carbonyl (C=O) groups excluding carboxylic acids is 2. The molecule has 53 heavy (non-hydrogen) atoms. The van der Waals surface area contributed by atoms with Crippen LogP contribution in [-0.2, 0) is 32.3 Å². The lowest BCUT2D eigenvalue weighted by Crippen LogP contribution is -2.59. The molecule has 2 amide bonds. The predicted molar refractivity (Wildman–Crippen MR) is 201 cm³/mol. The van der Waals surface area contributed by atoms with Gasteiger partial charge in [-0.3, -0.25) is 14.5 Å². The number of aliphatic hydroxyl groups is 2. The molecular weight excluding hydrogens is 708 g/mol. The number of hydrogen-bond acceptors (Lipinski definition) is 7. The maximum absolute atomic E-state index is 14.1. The van der Waals surface area contributed by atoms with Gasteiger partial charge in [-0.25, -0.2) is 8.42 Å². The molecule has 4 N–H and O–H groups in total. The summed E-state index contributed by atoms with van der Waals surface area (Å²) in [6.07, 6.45) is -6.84. The van der Waals surface area contributed by atoms with Gasteiger partial charge in [-0.15, -0.1) is 0 Å². The standard InChI is InChI=1S/C40H54F3N3O6S/c1-26(2)35(45-37(49)30(25-53(51,52)39(3,4)5)23-29-18-13-17-28-16-9-10-19-31(28)29)38(50)44-32(22-27-14-7-6-8-15-27)36(48)33(47)24-46-21-12-11-20-34(46)40(41,42)43/h6-10,13-19,26,30,32-36,47-48H,11-12,20-25H2,1-5H3,(H,44,50)(H,45,49)/t30-,32+,33?,34+,35+,36-/m1/s1. The fourth-order valence-electron chi connectivity index (χ4n) is 6.88. The summed E-state index contributed by atoms with van der Waals surface area (Å²) in [6, 6.07) is 18.0. The molecule has 13 heteroatoms. The van der Waals surface area contributed by atoms with Crippen LogP contribution in [-0.4, -0.2) is 95.4 Å². The first-order chi connectivity index (χ1) is 24.8. The Morgan fingerprint density at radius 2 is 1.51 bits per heavy atom. The van der Waals surface area contributed by atoms with Crippen LogP contribution in [0.15, 0.2) is 72.8 Å². The summed E-state index contributed by atoms with van der Waals surface area (Å²) in [4.78, 5) is 29.3. The van der Waals surface area contributed by atoms with Crippen molar-refractivity contribution in [2.45, 2.75) is 108 Å². The van der Waals surface area contributed by atoms with E-state index in [2.05, 4.69) is 10.6 Å². The Balaban J connectivity index is 1.59. The first-order valence-electron chi connectivity index (χ1n) is 18.3. The second-order valence-corrected chi connectivity index (χ2v) is 18.4. The summed E-state index contributed by atoms with van der Waals surface area (Å²) in [5.74, 6) is -3.33. The van der Waals surface area contributed by atoms with Crippen LogP contribution in [0.4, 0.5) is 13.2 Å². The molecule has 0 aliphatic carbocycles. The van der Waals surface area contributed by atoms with E-state index in [4.69, 9.17) is 0 Å². The highest BCUT2D eigenvalue weighted by molar-refractivity contribution is 7.92. The number of alkyl halides is 3. The van der Waals surface area contributed by atoms with E-state index in [9.17, 15) is 41.4 Å². The number of rotatable bonds is 15. The van der Waals surface area contributed by atoms with Crippen molar-refractivity contribution in [3.63, 3.8) is 0 Å². The van der Waals surface area contributed by atoms with Crippen molar-refractivity contribution in [3.8, 4) is 0 Å². The molecule has 3 aromatic carbocycles. The molecule has 292 valence electrons. The quantitative estimate of drug-likeness (QED) is 0.167. The summed E-state index contributed by atoms with van der Waals surface area (Å²) in [5.41, 5.74) is 1.47. The smallest absolute Gasteiger partial charge is 0.389 e. The van der Waals surface area contributed by atoms with E-state index in [1.165, 1.54) is 0 Å². The highest BCUT2D eigenvalue weighted by Crippen LogP contribution is 2.32. The van der Waals surface area contributed by atoms with Crippen LogP contribution in [0.5, 0.6) is 0 Å². The van der Waals surface area contributed by atoms with Gasteiger partial charge < -0.3 is 20.8 Å². The normalized spacial score (nSPS) is 19.0. The topological polar surface area (TPSA) is 136 Å². The molecule has 0 radical (unpaired) electrons. The van der Waals surface area contributed by atoms with Crippen LogP contribution < -0.4 is 10.6 Å². The van der Waals surface area contributed by atoms with Crippen molar-refractivity contribution in [1.29, 1.82) is 0 Å². The molecule has 6 atom stereocenters. The zero-order valence-electron chi connectivity index (χ0n) is 31.1. The number of halogens is 3. The van der Waals surface area contributed by atoms with Crippen LogP contribution >= 0.6 is 0 Å². The van der Waals surface area contributed by atoms with Crippen molar-refractivity contribution in [3.05, 3.63) is 83.9 Å². The summed E-state index contributed by atoms with van der Waals surface area (Å²) in [6.45, 7) is 7.79. The molecule has 0 saturated carbocycles. The van der Waals surface area contributed by atoms with E-state index in [0.29, 0.717) is 18.4 Å². The molecule has 3 aromatic rings. The number of benzene rings is 3. The summed E-state index contributed by atoms with van der Waals surface area (Å²) >= 11 is 0. The Morgan fingerprint density at radius 1 is 0.868 bits per heavy atom. The fraction of sp³-hybridized carbons (Fsp3) is 0.550. The minimum atomic E-state index is -4.50. The Bertz CT molecular complexity index is 1780. The average Bonchev–Trinajstić information content (AvgIpc) is 3.09. The van der Waals surface area contributed by atoms with Crippen molar-refractivity contribution in [2.75, 3.05) is 18.8 Å². The lowest BCUT2D eigenvalue weighted by molar-refractivity contribution is -0.196. The minimum Gasteiger partial charge on any atom is -0.389 e. The number of sulfone groups is 1. The Hall–Kier alpha value is -3.52. The number of carbonyl (C=O) groups is 2. The van der Waals surface area contributed by atoms with Crippen molar-refractivity contribution in [1.82, 2.24) is 15.5 Å². The molecule has 1 aliphatic rings. The Morgan fingerprint density at radius 3 is 2.15 bits per heavy atom. The van der Waals surface area contributed by atoms with E-state index in [0.717, 1.165) is 21.2 Å². The van der Waals surface area contributed by atoms with Crippen LogP contribution in [0, 0.1) is 11.8 Å². The number of fused-ring (bicyclic) bond motifs is 1. The maximum atomic E-state index is 14.1. The summed E-state index contributed by atoms with van der Waals surface area (Å²) < 4.78 is 67.3. The van der Waals surface area contributed by atoms with Crippen molar-refractivity contribution >= 4 is 32.4 Å². The lowest BCUT2D eigenvalue weighted by Gasteiger charge is -2.39. The second kappa shape index (κ2) is 17.7. The van der Waals surface area contributed by atoms with Gasteiger partial charge in [0.05, 0.1) is 28.6 Å². The fourth-order valence-corrected chi connectivity index (χ4v) is 8.18. The number of aliphatic hydroxyl groups excluding tert-OH is 2. The summed E-state index contributed by atoms with van der Waals surface area (Å²) in [7, 11) is -3.79. The molecular formula is C40H54F3N3O6S. The van der Waals surface area contributed by atoms with Crippen molar-refractivity contribution in [2.24, 2.45) is 11.8 Å². The van der Waals surface area contributed by atoms with Gasteiger partial charge >= 0.3 is 6.18 Å². The van der Waals surface area contributed by atoms with E-state index < -0.39 is 87.0 Å². The molecule has 1 fully saturated rings. The minimum absolute atomic E-state index is 0.0415. The Labute approximate surface area is 311 Å². The largest absolute Gasteiger partial charge is 0.404 e. The molecule has 4 rings (SSSR count). The summed E-state index contributed by atoms with van der Waals surface area (Å²) in [5, 5.41) is 29.9. The van der Waals surface area contributed by atoms with Gasteiger partial charge in [0.1, 0.15) is 18.2 Å². The first kappa shape index (κ1) is 42.2. The van der Waals surface area contributed by atoms with Gasteiger partial charge in [0.2, 0.25) is 11.8 Å². The van der Waals surface area contributed by atoms with E-state index in [1.807, 2.05) is 42.5 Å². The third-order valence-electron chi connectivity index (χ3n) is 10.2. The number of nitrogens with zero attached hydrogens (tertiary/aromatic N) is 1. The molecule has 1 aliphatic heterocycles. The molecule has 0 bridgehead atoms. The SMILES string of the molecule is CC(C)[C@H](NC(=O)[C@H](Cc1cccc2ccccc12)CS(=O)(=O)C(C)(C)C)C(=O)N[C@@H](Cc1ccccc1)[C@@H](O)C(O)CN1CCCC[C@H]1C(F)(F)F. The molecule has 1 unspecified atom stereocenters. The zero-order chi connectivity index (χ0) is 39.1. The van der Waals surface area contributed by atoms with Gasteiger partial charge in [0.25, 0.3) is 0 Å². The third kappa shape index (κ3) is 11.3. The van der Waals surface area contributed by atoms with Crippen LogP contribution in [0.1, 0.15) is 65.0 Å². The van der Waals surface area contributed by atoms with Gasteiger partial charge in [-0.05, 0) is 80.8 Å². The average molecular weight is 762 g/mol. The highest BCUT2D eigenvalue weighted by Gasteiger charge is 2.45. The number of amides is 2. The second-order valence-electron chi connectivity index (χ2n) is 15.6. The van der Waals surface area contributed by atoms with Gasteiger partial charge in [0.15, 0.2) is 9.84 Å². The number of β-amino-alcohol motifs (C(OH)–C–C–N with tert-alkyl or cyclic N) is 1. The number of hydrogen-bond donors (Lipinski definition) is 4. The molecule has 9 nitrogen and oxygen atoms in total. The predicted octanol–water partition coefficient (Wildman–Crippen LogP) is 5.22. The monoisotopic (exact) mass is 761 g/mol. The van der Waals surface area contributed by atoms with Crippen LogP contribution in [0.25, 0.3) is 10.8 Å². The molecule has 1 saturated heterocycles. The van der Waals surface area contributed by atoms with Crippen LogP contribution in [0.2, 0.25) is 0 Å². The first-order valence-corrected chi connectivity index (χ1v) is 19.9. The molecule has 0 aromatic heterocycles. The molecule has 1 heterocycles. The van der Waals surface area contributed by atoms with Gasteiger partial charge in [0, 0.05) is 6.54 Å². The zero-order valence-corrected chi connectivity index (χ0v) is 32.0. The maximum Gasteiger partial charge on any atom is 0.404 e. The Kier molecular flexibility index (Phi) is 14.1. The van der Waals surface area contributed by atoms with E-state index >= 15 is 0 Å². The van der Waals surface area contributed by atoms with Crippen LogP contribution in [0.3, 0.4) is 0 Å². The number of piperidine rings is 1. The number of nitrogens with one attached hydrogen (secondary N) is 2. The third-order valence-corrected chi connectivity index (χ3v) is 12.9. The molecule has 0 spiro atoms.